The molecular formula is C17H24ClN3O3. The molecule has 0 radical (unpaired) electrons. The van der Waals surface area contributed by atoms with Gasteiger partial charge in [0.15, 0.2) is 0 Å². The molecule has 1 aromatic carbocycles. The fourth-order valence-electron chi connectivity index (χ4n) is 2.04. The summed E-state index contributed by atoms with van der Waals surface area (Å²) >= 11 is 0. The molecule has 0 fully saturated rings. The highest BCUT2D eigenvalue weighted by Crippen LogP contribution is 2.18. The van der Waals surface area contributed by atoms with Crippen LogP contribution in [0.3, 0.4) is 0 Å². The number of rotatable bonds is 7. The second-order valence-corrected chi connectivity index (χ2v) is 5.52. The summed E-state index contributed by atoms with van der Waals surface area (Å²) in [4.78, 5) is 12.1. The van der Waals surface area contributed by atoms with E-state index in [4.69, 9.17) is 9.26 Å². The number of nitrogens with zero attached hydrogens (tertiary/aromatic N) is 1. The van der Waals surface area contributed by atoms with Crippen LogP contribution in [0.1, 0.15) is 34.3 Å². The highest BCUT2D eigenvalue weighted by molar-refractivity contribution is 5.94. The maximum atomic E-state index is 12.1. The molecule has 132 valence electrons. The molecule has 0 spiro atoms. The van der Waals surface area contributed by atoms with E-state index in [2.05, 4.69) is 15.8 Å². The number of hydrogen-bond acceptors (Lipinski definition) is 5. The van der Waals surface area contributed by atoms with Gasteiger partial charge in [0.25, 0.3) is 5.91 Å². The third kappa shape index (κ3) is 5.25. The molecule has 0 saturated heterocycles. The van der Waals surface area contributed by atoms with Crippen LogP contribution >= 0.6 is 12.4 Å². The maximum absolute atomic E-state index is 12.1. The minimum Gasteiger partial charge on any atom is -0.489 e. The topological polar surface area (TPSA) is 76.4 Å². The smallest absolute Gasteiger partial charge is 0.251 e. The zero-order valence-corrected chi connectivity index (χ0v) is 15.2. The van der Waals surface area contributed by atoms with E-state index in [1.165, 1.54) is 0 Å². The number of hydrogen-bond donors (Lipinski definition) is 2. The van der Waals surface area contributed by atoms with Crippen molar-refractivity contribution in [1.82, 2.24) is 15.8 Å². The van der Waals surface area contributed by atoms with Crippen LogP contribution in [0.15, 0.2) is 28.8 Å². The van der Waals surface area contributed by atoms with Crippen LogP contribution in [0.25, 0.3) is 0 Å². The second-order valence-electron chi connectivity index (χ2n) is 5.52. The van der Waals surface area contributed by atoms with Crippen LogP contribution in [0, 0.1) is 13.8 Å². The lowest BCUT2D eigenvalue weighted by Gasteiger charge is -2.12. The van der Waals surface area contributed by atoms with Crippen molar-refractivity contribution in [2.24, 2.45) is 0 Å². The van der Waals surface area contributed by atoms with Gasteiger partial charge in [-0.05, 0) is 46.0 Å². The van der Waals surface area contributed by atoms with Crippen LogP contribution in [-0.4, -0.2) is 30.7 Å². The van der Waals surface area contributed by atoms with Crippen molar-refractivity contribution < 1.29 is 14.1 Å². The number of halogens is 1. The van der Waals surface area contributed by atoms with E-state index in [0.717, 1.165) is 17.0 Å². The van der Waals surface area contributed by atoms with Crippen molar-refractivity contribution in [2.75, 3.05) is 13.6 Å². The van der Waals surface area contributed by atoms with Crippen LogP contribution in [0.2, 0.25) is 0 Å². The minimum absolute atomic E-state index is 0. The van der Waals surface area contributed by atoms with Gasteiger partial charge < -0.3 is 19.9 Å². The number of carbonyl (C=O) groups is 1. The first-order valence-corrected chi connectivity index (χ1v) is 7.61. The Labute approximate surface area is 148 Å². The van der Waals surface area contributed by atoms with Gasteiger partial charge in [-0.25, -0.2) is 0 Å². The molecule has 7 heteroatoms. The number of amides is 1. The van der Waals surface area contributed by atoms with Crippen molar-refractivity contribution >= 4 is 18.3 Å². The average molecular weight is 354 g/mol. The molecule has 0 bridgehead atoms. The van der Waals surface area contributed by atoms with Crippen LogP contribution < -0.4 is 15.4 Å². The van der Waals surface area contributed by atoms with Crippen LogP contribution in [0.5, 0.6) is 5.75 Å². The van der Waals surface area contributed by atoms with Crippen molar-refractivity contribution in [1.29, 1.82) is 0 Å². The van der Waals surface area contributed by atoms with Crippen LogP contribution in [0.4, 0.5) is 0 Å². The molecule has 1 amide bonds. The summed E-state index contributed by atoms with van der Waals surface area (Å²) in [6.45, 7) is 6.67. The summed E-state index contributed by atoms with van der Waals surface area (Å²) in [6, 6.07) is 7.35. The largest absolute Gasteiger partial charge is 0.489 e. The van der Waals surface area contributed by atoms with E-state index in [1.807, 2.05) is 33.9 Å². The lowest BCUT2D eigenvalue weighted by molar-refractivity contribution is 0.0950. The average Bonchev–Trinajstić information content (AvgIpc) is 2.89. The van der Waals surface area contributed by atoms with E-state index < -0.39 is 0 Å². The number of aryl methyl sites for hydroxylation is 2. The fourth-order valence-corrected chi connectivity index (χ4v) is 2.04. The van der Waals surface area contributed by atoms with Gasteiger partial charge in [-0.1, -0.05) is 11.2 Å². The minimum atomic E-state index is -0.116. The Morgan fingerprint density at radius 2 is 2.12 bits per heavy atom. The van der Waals surface area contributed by atoms with Gasteiger partial charge in [0.05, 0.1) is 11.3 Å². The van der Waals surface area contributed by atoms with Crippen molar-refractivity contribution in [3.05, 3.63) is 46.8 Å². The van der Waals surface area contributed by atoms with Gasteiger partial charge in [-0.15, -0.1) is 12.4 Å². The second kappa shape index (κ2) is 9.30. The van der Waals surface area contributed by atoms with Gasteiger partial charge in [-0.2, -0.15) is 0 Å². The predicted molar refractivity (Wildman–Crippen MR) is 94.9 cm³/mol. The Morgan fingerprint density at radius 1 is 1.38 bits per heavy atom. The normalized spacial score (nSPS) is 11.5. The molecule has 0 aliphatic carbocycles. The maximum Gasteiger partial charge on any atom is 0.251 e. The van der Waals surface area contributed by atoms with E-state index in [1.54, 1.807) is 18.2 Å². The summed E-state index contributed by atoms with van der Waals surface area (Å²) in [5.41, 5.74) is 2.32. The first-order chi connectivity index (χ1) is 11.0. The molecule has 1 aromatic heterocycles. The molecule has 1 heterocycles. The highest BCUT2D eigenvalue weighted by atomic mass is 35.5. The molecule has 0 aliphatic heterocycles. The van der Waals surface area contributed by atoms with Gasteiger partial charge in [-0.3, -0.25) is 4.79 Å². The van der Waals surface area contributed by atoms with E-state index in [-0.39, 0.29) is 24.4 Å². The van der Waals surface area contributed by atoms with E-state index in [9.17, 15) is 4.79 Å². The zero-order valence-electron chi connectivity index (χ0n) is 14.4. The van der Waals surface area contributed by atoms with Crippen molar-refractivity contribution in [3.8, 4) is 5.75 Å². The summed E-state index contributed by atoms with van der Waals surface area (Å²) < 4.78 is 10.9. The molecule has 0 saturated carbocycles. The van der Waals surface area contributed by atoms with Gasteiger partial charge in [0.2, 0.25) is 0 Å². The molecule has 1 atom stereocenters. The van der Waals surface area contributed by atoms with Crippen LogP contribution in [-0.2, 0) is 6.61 Å². The number of nitrogens with one attached hydrogen (secondary N) is 2. The summed E-state index contributed by atoms with van der Waals surface area (Å²) in [6.07, 6.45) is 0. The van der Waals surface area contributed by atoms with Gasteiger partial charge >= 0.3 is 0 Å². The molecule has 6 nitrogen and oxygen atoms in total. The third-order valence-corrected chi connectivity index (χ3v) is 3.72. The number of carbonyl (C=O) groups excluding carboxylic acids is 1. The third-order valence-electron chi connectivity index (χ3n) is 3.72. The quantitative estimate of drug-likeness (QED) is 0.800. The molecule has 24 heavy (non-hydrogen) atoms. The van der Waals surface area contributed by atoms with E-state index in [0.29, 0.717) is 24.5 Å². The number of likely N-dealkylation sites (N-methyl/N-ethyl adjacent to an activating group) is 1. The lowest BCUT2D eigenvalue weighted by Crippen LogP contribution is -2.37. The number of benzene rings is 1. The van der Waals surface area contributed by atoms with Gasteiger partial charge in [0.1, 0.15) is 18.1 Å². The fraction of sp³-hybridized carbons (Fsp3) is 0.412. The standard InChI is InChI=1S/C17H23N3O3.ClH/c1-11(18-4)9-19-17(21)14-6-5-7-15(8-14)22-10-16-12(2)20-23-13(16)3;/h5-8,11,18H,9-10H2,1-4H3,(H,19,21);1H. The lowest BCUT2D eigenvalue weighted by atomic mass is 10.2. The summed E-state index contributed by atoms with van der Waals surface area (Å²) in [7, 11) is 1.86. The SMILES string of the molecule is CNC(C)CNC(=O)c1cccc(OCc2c(C)noc2C)c1.Cl. The highest BCUT2D eigenvalue weighted by Gasteiger charge is 2.11. The number of ether oxygens (including phenoxy) is 1. The summed E-state index contributed by atoms with van der Waals surface area (Å²) in [5.74, 6) is 1.27. The molecular weight excluding hydrogens is 330 g/mol. The number of aromatic nitrogens is 1. The predicted octanol–water partition coefficient (Wildman–Crippen LogP) is 2.63. The Balaban J connectivity index is 0.00000288. The van der Waals surface area contributed by atoms with Crippen molar-refractivity contribution in [2.45, 2.75) is 33.4 Å². The van der Waals surface area contributed by atoms with E-state index >= 15 is 0 Å². The Hall–Kier alpha value is -2.05. The molecule has 1 unspecified atom stereocenters. The Kier molecular flexibility index (Phi) is 7.74. The monoisotopic (exact) mass is 353 g/mol. The Morgan fingerprint density at radius 3 is 2.75 bits per heavy atom. The molecule has 2 rings (SSSR count). The molecule has 2 aromatic rings. The van der Waals surface area contributed by atoms with Crippen molar-refractivity contribution in [3.63, 3.8) is 0 Å². The molecule has 2 N–H and O–H groups in total. The molecule has 0 aliphatic rings. The Bertz CT molecular complexity index is 653. The first kappa shape index (κ1) is 20.0. The first-order valence-electron chi connectivity index (χ1n) is 7.61. The summed E-state index contributed by atoms with van der Waals surface area (Å²) in [5, 5.41) is 9.86. The van der Waals surface area contributed by atoms with Gasteiger partial charge in [0, 0.05) is 18.2 Å². The zero-order chi connectivity index (χ0) is 16.8.